The van der Waals surface area contributed by atoms with Crippen LogP contribution in [0.1, 0.15) is 21.6 Å². The smallest absolute Gasteiger partial charge is 0.336 e. The summed E-state index contributed by atoms with van der Waals surface area (Å²) < 4.78 is 0. The van der Waals surface area contributed by atoms with E-state index in [9.17, 15) is 9.90 Å². The lowest BCUT2D eigenvalue weighted by molar-refractivity contribution is 0.0697. The monoisotopic (exact) mass is 277 g/mol. The summed E-state index contributed by atoms with van der Waals surface area (Å²) in [4.78, 5) is 15.9. The van der Waals surface area contributed by atoms with Crippen LogP contribution in [-0.2, 0) is 0 Å². The van der Waals surface area contributed by atoms with Crippen molar-refractivity contribution in [1.29, 1.82) is 0 Å². The Balaban J connectivity index is 2.23. The summed E-state index contributed by atoms with van der Waals surface area (Å²) in [5.74, 6) is -0.910. The van der Waals surface area contributed by atoms with E-state index < -0.39 is 5.97 Å². The molecule has 3 aromatic rings. The Morgan fingerprint density at radius 1 is 1.00 bits per heavy atom. The molecule has 0 aliphatic rings. The number of rotatable bonds is 2. The van der Waals surface area contributed by atoms with Crippen molar-refractivity contribution < 1.29 is 9.90 Å². The number of benzene rings is 2. The van der Waals surface area contributed by atoms with E-state index in [4.69, 9.17) is 0 Å². The summed E-state index contributed by atoms with van der Waals surface area (Å²) in [6.45, 7) is 3.91. The maximum absolute atomic E-state index is 11.4. The average molecular weight is 277 g/mol. The highest BCUT2D eigenvalue weighted by molar-refractivity contribution is 5.97. The molecule has 1 aromatic heterocycles. The number of nitrogens with zero attached hydrogens (tertiary/aromatic N) is 1. The highest BCUT2D eigenvalue weighted by Gasteiger charge is 2.12. The molecule has 3 nitrogen and oxygen atoms in total. The molecule has 0 atom stereocenters. The largest absolute Gasteiger partial charge is 0.478 e. The topological polar surface area (TPSA) is 50.2 Å². The first-order valence-corrected chi connectivity index (χ1v) is 6.76. The molecule has 0 aliphatic heterocycles. The number of aromatic carboxylic acids is 1. The first kappa shape index (κ1) is 13.3. The molecule has 0 amide bonds. The van der Waals surface area contributed by atoms with Crippen LogP contribution in [0.25, 0.3) is 22.0 Å². The fourth-order valence-corrected chi connectivity index (χ4v) is 2.48. The van der Waals surface area contributed by atoms with Crippen LogP contribution in [0.5, 0.6) is 0 Å². The second-order valence-electron chi connectivity index (χ2n) is 5.21. The lowest BCUT2D eigenvalue weighted by Crippen LogP contribution is -2.00. The SMILES string of the molecule is Cc1ccc(C(=O)O)c(-c2ccc3nc(C)ccc3c2)c1. The van der Waals surface area contributed by atoms with Gasteiger partial charge in [-0.25, -0.2) is 4.79 Å². The summed E-state index contributed by atoms with van der Waals surface area (Å²) >= 11 is 0. The van der Waals surface area contributed by atoms with E-state index in [2.05, 4.69) is 4.98 Å². The number of hydrogen-bond acceptors (Lipinski definition) is 2. The molecule has 21 heavy (non-hydrogen) atoms. The Morgan fingerprint density at radius 2 is 1.81 bits per heavy atom. The molecule has 0 unspecified atom stereocenters. The van der Waals surface area contributed by atoms with Gasteiger partial charge in [0.2, 0.25) is 0 Å². The van der Waals surface area contributed by atoms with Gasteiger partial charge in [-0.1, -0.05) is 29.8 Å². The summed E-state index contributed by atoms with van der Waals surface area (Å²) in [5, 5.41) is 10.4. The molecule has 3 rings (SSSR count). The Bertz CT molecular complexity index is 853. The number of hydrogen-bond donors (Lipinski definition) is 1. The quantitative estimate of drug-likeness (QED) is 0.763. The molecule has 0 bridgehead atoms. The van der Waals surface area contributed by atoms with Crippen LogP contribution < -0.4 is 0 Å². The van der Waals surface area contributed by atoms with E-state index in [1.54, 1.807) is 6.07 Å². The van der Waals surface area contributed by atoms with Crippen molar-refractivity contribution in [2.75, 3.05) is 0 Å². The van der Waals surface area contributed by atoms with Gasteiger partial charge in [0, 0.05) is 11.1 Å². The maximum atomic E-state index is 11.4. The van der Waals surface area contributed by atoms with Crippen LogP contribution in [-0.4, -0.2) is 16.1 Å². The lowest BCUT2D eigenvalue weighted by Gasteiger charge is -2.09. The van der Waals surface area contributed by atoms with Crippen molar-refractivity contribution in [3.63, 3.8) is 0 Å². The molecule has 2 aromatic carbocycles. The third-order valence-corrected chi connectivity index (χ3v) is 3.54. The second kappa shape index (κ2) is 5.02. The Kier molecular flexibility index (Phi) is 3.18. The zero-order valence-corrected chi connectivity index (χ0v) is 11.9. The normalized spacial score (nSPS) is 10.8. The van der Waals surface area contributed by atoms with E-state index >= 15 is 0 Å². The van der Waals surface area contributed by atoms with E-state index in [1.807, 2.05) is 56.3 Å². The summed E-state index contributed by atoms with van der Waals surface area (Å²) in [5.41, 5.74) is 4.89. The van der Waals surface area contributed by atoms with Crippen LogP contribution >= 0.6 is 0 Å². The molecule has 0 saturated heterocycles. The summed E-state index contributed by atoms with van der Waals surface area (Å²) in [6, 6.07) is 15.2. The predicted octanol–water partition coefficient (Wildman–Crippen LogP) is 4.22. The number of aryl methyl sites for hydroxylation is 2. The second-order valence-corrected chi connectivity index (χ2v) is 5.21. The maximum Gasteiger partial charge on any atom is 0.336 e. The molecule has 0 saturated carbocycles. The van der Waals surface area contributed by atoms with Gasteiger partial charge in [0.15, 0.2) is 0 Å². The van der Waals surface area contributed by atoms with Gasteiger partial charge in [0.1, 0.15) is 0 Å². The highest BCUT2D eigenvalue weighted by atomic mass is 16.4. The Hall–Kier alpha value is -2.68. The van der Waals surface area contributed by atoms with Crippen molar-refractivity contribution in [2.24, 2.45) is 0 Å². The van der Waals surface area contributed by atoms with Crippen LogP contribution in [0.4, 0.5) is 0 Å². The van der Waals surface area contributed by atoms with Crippen LogP contribution in [0.3, 0.4) is 0 Å². The first-order valence-electron chi connectivity index (χ1n) is 6.76. The predicted molar refractivity (Wildman–Crippen MR) is 83.6 cm³/mol. The molecule has 1 N–H and O–H groups in total. The van der Waals surface area contributed by atoms with Crippen molar-refractivity contribution in [2.45, 2.75) is 13.8 Å². The van der Waals surface area contributed by atoms with Crippen molar-refractivity contribution in [1.82, 2.24) is 4.98 Å². The Morgan fingerprint density at radius 3 is 2.57 bits per heavy atom. The minimum Gasteiger partial charge on any atom is -0.478 e. The number of aromatic nitrogens is 1. The van der Waals surface area contributed by atoms with Crippen molar-refractivity contribution in [3.05, 3.63) is 65.4 Å². The summed E-state index contributed by atoms with van der Waals surface area (Å²) in [6.07, 6.45) is 0. The number of fused-ring (bicyclic) bond motifs is 1. The van der Waals surface area contributed by atoms with Gasteiger partial charge < -0.3 is 5.11 Å². The minimum absolute atomic E-state index is 0.319. The molecular formula is C18H15NO2. The number of carboxylic acid groups (broad SMARTS) is 1. The van der Waals surface area contributed by atoms with Gasteiger partial charge >= 0.3 is 5.97 Å². The van der Waals surface area contributed by atoms with E-state index in [1.165, 1.54) is 0 Å². The van der Waals surface area contributed by atoms with Crippen LogP contribution in [0, 0.1) is 13.8 Å². The van der Waals surface area contributed by atoms with Crippen molar-refractivity contribution in [3.8, 4) is 11.1 Å². The third-order valence-electron chi connectivity index (χ3n) is 3.54. The van der Waals surface area contributed by atoms with Gasteiger partial charge in [-0.05, 0) is 49.2 Å². The van der Waals surface area contributed by atoms with Gasteiger partial charge in [-0.3, -0.25) is 4.98 Å². The van der Waals surface area contributed by atoms with Gasteiger partial charge in [0.25, 0.3) is 0 Å². The molecule has 0 fully saturated rings. The zero-order valence-electron chi connectivity index (χ0n) is 11.9. The lowest BCUT2D eigenvalue weighted by atomic mass is 9.96. The van der Waals surface area contributed by atoms with Crippen molar-refractivity contribution >= 4 is 16.9 Å². The molecular weight excluding hydrogens is 262 g/mol. The van der Waals surface area contributed by atoms with E-state index in [0.717, 1.165) is 33.3 Å². The van der Waals surface area contributed by atoms with Gasteiger partial charge in [-0.2, -0.15) is 0 Å². The zero-order chi connectivity index (χ0) is 15.0. The fourth-order valence-electron chi connectivity index (χ4n) is 2.48. The van der Waals surface area contributed by atoms with E-state index in [0.29, 0.717) is 5.56 Å². The fraction of sp³-hybridized carbons (Fsp3) is 0.111. The van der Waals surface area contributed by atoms with Gasteiger partial charge in [0.05, 0.1) is 11.1 Å². The van der Waals surface area contributed by atoms with Crippen LogP contribution in [0.2, 0.25) is 0 Å². The molecule has 0 radical (unpaired) electrons. The first-order chi connectivity index (χ1) is 10.0. The molecule has 0 spiro atoms. The standard InChI is InChI=1S/C18H15NO2/c1-11-3-7-15(18(20)21)16(9-11)13-6-8-17-14(10-13)5-4-12(2)19-17/h3-10H,1-2H3,(H,20,21). The Labute approximate surface area is 122 Å². The number of pyridine rings is 1. The minimum atomic E-state index is -0.910. The van der Waals surface area contributed by atoms with Crippen LogP contribution in [0.15, 0.2) is 48.5 Å². The average Bonchev–Trinajstić information content (AvgIpc) is 2.46. The molecule has 3 heteroatoms. The summed E-state index contributed by atoms with van der Waals surface area (Å²) in [7, 11) is 0. The molecule has 1 heterocycles. The highest BCUT2D eigenvalue weighted by Crippen LogP contribution is 2.28. The molecule has 0 aliphatic carbocycles. The van der Waals surface area contributed by atoms with Gasteiger partial charge in [-0.15, -0.1) is 0 Å². The van der Waals surface area contributed by atoms with E-state index in [-0.39, 0.29) is 0 Å². The number of carboxylic acids is 1. The number of carbonyl (C=O) groups is 1. The molecule has 104 valence electrons. The third kappa shape index (κ3) is 2.50.